The molecule has 0 spiro atoms. The van der Waals surface area contributed by atoms with Gasteiger partial charge in [-0.15, -0.1) is 24.0 Å². The molecule has 2 saturated heterocycles. The topological polar surface area (TPSA) is 90.2 Å². The highest BCUT2D eigenvalue weighted by atomic mass is 127. The summed E-state index contributed by atoms with van der Waals surface area (Å²) < 4.78 is 5.68. The zero-order valence-corrected chi connectivity index (χ0v) is 19.4. The average molecular weight is 517 g/mol. The summed E-state index contributed by atoms with van der Waals surface area (Å²) in [7, 11) is 1.72. The van der Waals surface area contributed by atoms with E-state index in [1.165, 1.54) is 24.2 Å². The number of piperidine rings is 2. The van der Waals surface area contributed by atoms with Gasteiger partial charge in [0.15, 0.2) is 5.96 Å². The molecule has 2 fully saturated rings. The van der Waals surface area contributed by atoms with Crippen molar-refractivity contribution in [2.75, 3.05) is 39.8 Å². The van der Waals surface area contributed by atoms with Gasteiger partial charge in [0.25, 0.3) is 0 Å². The maximum Gasteiger partial charge on any atom is 0.229 e. The Morgan fingerprint density at radius 3 is 2.48 bits per heavy atom. The summed E-state index contributed by atoms with van der Waals surface area (Å²) in [5, 5.41) is 6.57. The lowest BCUT2D eigenvalue weighted by molar-refractivity contribution is -0.147. The molecule has 0 radical (unpaired) electrons. The van der Waals surface area contributed by atoms with E-state index in [9.17, 15) is 9.59 Å². The maximum atomic E-state index is 11.9. The van der Waals surface area contributed by atoms with E-state index in [0.29, 0.717) is 44.9 Å². The van der Waals surface area contributed by atoms with Gasteiger partial charge in [-0.25, -0.2) is 0 Å². The van der Waals surface area contributed by atoms with Crippen LogP contribution in [0.2, 0.25) is 0 Å². The predicted octanol–water partition coefficient (Wildman–Crippen LogP) is 2.13. The van der Waals surface area contributed by atoms with Crippen LogP contribution in [0.1, 0.15) is 50.3 Å². The van der Waals surface area contributed by atoms with Crippen LogP contribution in [0.5, 0.6) is 0 Å². The van der Waals surface area contributed by atoms with Crippen molar-refractivity contribution in [3.8, 4) is 0 Å². The van der Waals surface area contributed by atoms with Crippen molar-refractivity contribution in [3.05, 3.63) is 24.2 Å². The Hall–Kier alpha value is -1.62. The van der Waals surface area contributed by atoms with Crippen molar-refractivity contribution in [1.82, 2.24) is 20.4 Å². The highest BCUT2D eigenvalue weighted by Gasteiger charge is 2.26. The van der Waals surface area contributed by atoms with Crippen LogP contribution in [-0.2, 0) is 9.59 Å². The first-order valence-electron chi connectivity index (χ1n) is 10.2. The van der Waals surface area contributed by atoms with Crippen molar-refractivity contribution >= 4 is 41.8 Å². The van der Waals surface area contributed by atoms with Gasteiger partial charge < -0.3 is 15.1 Å². The molecule has 1 aromatic rings. The van der Waals surface area contributed by atoms with E-state index < -0.39 is 0 Å². The number of carbonyl (C=O) groups is 2. The quantitative estimate of drug-likeness (QED) is 0.249. The van der Waals surface area contributed by atoms with Crippen molar-refractivity contribution < 1.29 is 14.0 Å². The van der Waals surface area contributed by atoms with Crippen LogP contribution in [0.4, 0.5) is 0 Å². The van der Waals surface area contributed by atoms with Crippen LogP contribution in [0, 0.1) is 0 Å². The van der Waals surface area contributed by atoms with Crippen LogP contribution in [-0.4, -0.2) is 67.3 Å². The van der Waals surface area contributed by atoms with E-state index in [1.54, 1.807) is 13.3 Å². The Bertz CT molecular complexity index is 658. The molecular formula is C20H32IN5O3. The molecule has 0 bridgehead atoms. The molecule has 29 heavy (non-hydrogen) atoms. The molecule has 1 aromatic heterocycles. The third kappa shape index (κ3) is 6.70. The Labute approximate surface area is 189 Å². The van der Waals surface area contributed by atoms with Gasteiger partial charge in [0.2, 0.25) is 11.8 Å². The summed E-state index contributed by atoms with van der Waals surface area (Å²) in [6.07, 6.45) is 7.00. The number of likely N-dealkylation sites (tertiary alicyclic amines) is 2. The van der Waals surface area contributed by atoms with Gasteiger partial charge in [-0.2, -0.15) is 0 Å². The molecule has 2 aliphatic rings. The van der Waals surface area contributed by atoms with Crippen molar-refractivity contribution in [2.24, 2.45) is 4.99 Å². The van der Waals surface area contributed by atoms with Gasteiger partial charge in [0, 0.05) is 39.5 Å². The summed E-state index contributed by atoms with van der Waals surface area (Å²) in [5.74, 6) is 1.45. The number of rotatable bonds is 7. The molecule has 1 unspecified atom stereocenters. The number of furan rings is 1. The number of imide groups is 1. The Morgan fingerprint density at radius 1 is 1.14 bits per heavy atom. The fraction of sp³-hybridized carbons (Fsp3) is 0.650. The molecule has 8 nitrogen and oxygen atoms in total. The van der Waals surface area contributed by atoms with Crippen LogP contribution >= 0.6 is 24.0 Å². The first-order chi connectivity index (χ1) is 13.7. The Kier molecular flexibility index (Phi) is 9.92. The second kappa shape index (κ2) is 12.2. The number of hydrogen-bond acceptors (Lipinski definition) is 5. The molecule has 2 aliphatic heterocycles. The maximum absolute atomic E-state index is 11.9. The summed E-state index contributed by atoms with van der Waals surface area (Å²) in [4.78, 5) is 31.8. The Balaban J connectivity index is 0.00000300. The highest BCUT2D eigenvalue weighted by Crippen LogP contribution is 2.24. The molecule has 0 aliphatic carbocycles. The first kappa shape index (κ1) is 23.7. The third-order valence-corrected chi connectivity index (χ3v) is 5.40. The van der Waals surface area contributed by atoms with E-state index >= 15 is 0 Å². The van der Waals surface area contributed by atoms with Crippen molar-refractivity contribution in [1.29, 1.82) is 0 Å². The zero-order chi connectivity index (χ0) is 19.8. The first-order valence-corrected chi connectivity index (χ1v) is 10.2. The summed E-state index contributed by atoms with van der Waals surface area (Å²) in [6, 6.07) is 4.09. The molecular weight excluding hydrogens is 485 g/mol. The normalized spacial score (nSPS) is 19.6. The van der Waals surface area contributed by atoms with E-state index in [-0.39, 0.29) is 41.8 Å². The minimum absolute atomic E-state index is 0. The van der Waals surface area contributed by atoms with Crippen LogP contribution in [0.25, 0.3) is 0 Å². The molecule has 2 amide bonds. The standard InChI is InChI=1S/C20H31N5O3.HI/c1-21-20(22-10-13-25-18(26)8-5-9-19(25)27)23-15-16(17-7-6-14-28-17)24-11-3-2-4-12-24;/h6-7,14,16H,2-5,8-13,15H2,1H3,(H2,21,22,23);1H. The minimum atomic E-state index is -0.0796. The number of hydrogen-bond donors (Lipinski definition) is 2. The molecule has 162 valence electrons. The van der Waals surface area contributed by atoms with E-state index in [4.69, 9.17) is 4.42 Å². The summed E-state index contributed by atoms with van der Waals surface area (Å²) >= 11 is 0. The number of nitrogens with one attached hydrogen (secondary N) is 2. The number of carbonyl (C=O) groups excluding carboxylic acids is 2. The van der Waals surface area contributed by atoms with Crippen LogP contribution in [0.3, 0.4) is 0 Å². The van der Waals surface area contributed by atoms with E-state index in [0.717, 1.165) is 18.8 Å². The fourth-order valence-corrected chi connectivity index (χ4v) is 3.87. The van der Waals surface area contributed by atoms with Crippen LogP contribution < -0.4 is 10.6 Å². The van der Waals surface area contributed by atoms with Gasteiger partial charge in [0.05, 0.1) is 12.3 Å². The highest BCUT2D eigenvalue weighted by molar-refractivity contribution is 14.0. The second-order valence-electron chi connectivity index (χ2n) is 7.30. The molecule has 3 rings (SSSR count). The molecule has 9 heteroatoms. The summed E-state index contributed by atoms with van der Waals surface area (Å²) in [6.45, 7) is 3.66. The zero-order valence-electron chi connectivity index (χ0n) is 17.1. The number of aliphatic imine (C=N–C) groups is 1. The smallest absolute Gasteiger partial charge is 0.229 e. The van der Waals surface area contributed by atoms with Crippen LogP contribution in [0.15, 0.2) is 27.8 Å². The van der Waals surface area contributed by atoms with Gasteiger partial charge in [0.1, 0.15) is 5.76 Å². The largest absolute Gasteiger partial charge is 0.468 e. The Morgan fingerprint density at radius 2 is 1.86 bits per heavy atom. The van der Waals surface area contributed by atoms with Gasteiger partial charge >= 0.3 is 0 Å². The average Bonchev–Trinajstić information content (AvgIpc) is 3.24. The third-order valence-electron chi connectivity index (χ3n) is 5.40. The van der Waals surface area contributed by atoms with E-state index in [2.05, 4.69) is 20.5 Å². The van der Waals surface area contributed by atoms with Crippen molar-refractivity contribution in [2.45, 2.75) is 44.6 Å². The number of guanidine groups is 1. The SMILES string of the molecule is CN=C(NCCN1C(=O)CCCC1=O)NCC(c1ccco1)N1CCCCC1.I. The predicted molar refractivity (Wildman–Crippen MR) is 122 cm³/mol. The van der Waals surface area contributed by atoms with Gasteiger partial charge in [-0.05, 0) is 44.5 Å². The number of halogens is 1. The number of amides is 2. The van der Waals surface area contributed by atoms with Gasteiger partial charge in [-0.1, -0.05) is 6.42 Å². The second-order valence-corrected chi connectivity index (χ2v) is 7.30. The lowest BCUT2D eigenvalue weighted by Crippen LogP contribution is -2.48. The van der Waals surface area contributed by atoms with Crippen molar-refractivity contribution in [3.63, 3.8) is 0 Å². The van der Waals surface area contributed by atoms with E-state index in [1.807, 2.05) is 12.1 Å². The molecule has 2 N–H and O–H groups in total. The molecule has 1 atom stereocenters. The molecule has 0 saturated carbocycles. The monoisotopic (exact) mass is 517 g/mol. The minimum Gasteiger partial charge on any atom is -0.468 e. The fourth-order valence-electron chi connectivity index (χ4n) is 3.87. The lowest BCUT2D eigenvalue weighted by atomic mass is 10.1. The molecule has 0 aromatic carbocycles. The summed E-state index contributed by atoms with van der Waals surface area (Å²) in [5.41, 5.74) is 0. The number of nitrogens with zero attached hydrogens (tertiary/aromatic N) is 3. The van der Waals surface area contributed by atoms with Gasteiger partial charge in [-0.3, -0.25) is 24.4 Å². The molecule has 3 heterocycles. The lowest BCUT2D eigenvalue weighted by Gasteiger charge is -2.33.